The predicted octanol–water partition coefficient (Wildman–Crippen LogP) is 5.45. The Bertz CT molecular complexity index is 883. The predicted molar refractivity (Wildman–Crippen MR) is 108 cm³/mol. The fourth-order valence-corrected chi connectivity index (χ4v) is 2.53. The van der Waals surface area contributed by atoms with Crippen LogP contribution in [0.1, 0.15) is 25.8 Å². The van der Waals surface area contributed by atoms with Crippen molar-refractivity contribution >= 4 is 29.1 Å². The fourth-order valence-electron chi connectivity index (χ4n) is 2.41. The van der Waals surface area contributed by atoms with Gasteiger partial charge in [-0.05, 0) is 56.2 Å². The highest BCUT2D eigenvalue weighted by Crippen LogP contribution is 2.25. The maximum absolute atomic E-state index is 6.12. The highest BCUT2D eigenvalue weighted by Gasteiger charge is 2.10. The molecule has 0 unspecified atom stereocenters. The van der Waals surface area contributed by atoms with Gasteiger partial charge in [0.05, 0.1) is 11.4 Å². The minimum atomic E-state index is 0.277. The van der Waals surface area contributed by atoms with E-state index in [1.54, 1.807) is 6.20 Å². The van der Waals surface area contributed by atoms with E-state index in [0.717, 1.165) is 34.1 Å². The summed E-state index contributed by atoms with van der Waals surface area (Å²) in [6.07, 6.45) is 2.74. The lowest BCUT2D eigenvalue weighted by Crippen LogP contribution is -2.16. The number of halogens is 1. The molecule has 0 spiro atoms. The summed E-state index contributed by atoms with van der Waals surface area (Å²) < 4.78 is 0. The summed E-state index contributed by atoms with van der Waals surface area (Å²) in [4.78, 5) is 13.6. The van der Waals surface area contributed by atoms with Crippen molar-refractivity contribution in [3.8, 4) is 11.4 Å². The van der Waals surface area contributed by atoms with Gasteiger partial charge in [-0.2, -0.15) is 4.98 Å². The molecular weight excluding hydrogens is 346 g/mol. The Hall–Kier alpha value is -2.66. The van der Waals surface area contributed by atoms with E-state index in [2.05, 4.69) is 39.4 Å². The Morgan fingerprint density at radius 1 is 1.08 bits per heavy atom. The maximum atomic E-state index is 6.12. The van der Waals surface area contributed by atoms with E-state index < -0.39 is 0 Å². The molecule has 0 radical (unpaired) electrons. The Balaban J connectivity index is 1.97. The zero-order valence-corrected chi connectivity index (χ0v) is 15.9. The van der Waals surface area contributed by atoms with Gasteiger partial charge in [-0.1, -0.05) is 24.6 Å². The molecule has 1 atom stereocenters. The molecule has 0 bridgehead atoms. The molecule has 0 fully saturated rings. The third kappa shape index (κ3) is 4.49. The molecule has 2 heterocycles. The molecule has 2 N–H and O–H groups in total. The molecule has 6 heteroatoms. The average Bonchev–Trinajstić information content (AvgIpc) is 2.65. The summed E-state index contributed by atoms with van der Waals surface area (Å²) in [5.41, 5.74) is 3.50. The Labute approximate surface area is 158 Å². The van der Waals surface area contributed by atoms with Gasteiger partial charge in [0.2, 0.25) is 5.95 Å². The van der Waals surface area contributed by atoms with Crippen LogP contribution in [0.15, 0.2) is 48.7 Å². The lowest BCUT2D eigenvalue weighted by molar-refractivity contribution is 0.753. The normalized spacial score (nSPS) is 11.8. The molecule has 0 amide bonds. The van der Waals surface area contributed by atoms with Crippen molar-refractivity contribution in [1.82, 2.24) is 15.0 Å². The standard InChI is InChI=1S/C20H22ClN5/c1-4-14(3)23-20-25-18(17-7-5-6-10-22-17)12-19(26-20)24-15-8-9-16(21)13(2)11-15/h5-12,14H,4H2,1-3H3,(H2,23,24,25,26)/t14-/m1/s1. The van der Waals surface area contributed by atoms with E-state index >= 15 is 0 Å². The van der Waals surface area contributed by atoms with Crippen LogP contribution in [-0.2, 0) is 0 Å². The van der Waals surface area contributed by atoms with Crippen molar-refractivity contribution in [3.05, 3.63) is 59.2 Å². The second-order valence-electron chi connectivity index (χ2n) is 6.22. The van der Waals surface area contributed by atoms with Gasteiger partial charge >= 0.3 is 0 Å². The van der Waals surface area contributed by atoms with Crippen molar-refractivity contribution in [1.29, 1.82) is 0 Å². The van der Waals surface area contributed by atoms with Crippen LogP contribution in [0.4, 0.5) is 17.5 Å². The van der Waals surface area contributed by atoms with E-state index in [1.165, 1.54) is 0 Å². The third-order valence-corrected chi connectivity index (χ3v) is 4.50. The van der Waals surface area contributed by atoms with Crippen molar-refractivity contribution in [2.24, 2.45) is 0 Å². The first-order valence-electron chi connectivity index (χ1n) is 8.65. The Kier molecular flexibility index (Phi) is 5.68. The number of nitrogens with one attached hydrogen (secondary N) is 2. The van der Waals surface area contributed by atoms with Gasteiger partial charge in [0.15, 0.2) is 0 Å². The quantitative estimate of drug-likeness (QED) is 0.606. The number of anilines is 3. The maximum Gasteiger partial charge on any atom is 0.225 e. The summed E-state index contributed by atoms with van der Waals surface area (Å²) in [5.74, 6) is 1.28. The first-order valence-corrected chi connectivity index (χ1v) is 9.03. The van der Waals surface area contributed by atoms with Crippen molar-refractivity contribution in [3.63, 3.8) is 0 Å². The first-order chi connectivity index (χ1) is 12.5. The largest absolute Gasteiger partial charge is 0.352 e. The van der Waals surface area contributed by atoms with Crippen molar-refractivity contribution < 1.29 is 0 Å². The van der Waals surface area contributed by atoms with Gasteiger partial charge in [0.25, 0.3) is 0 Å². The second-order valence-corrected chi connectivity index (χ2v) is 6.63. The van der Waals surface area contributed by atoms with Gasteiger partial charge in [0, 0.05) is 29.0 Å². The van der Waals surface area contributed by atoms with Crippen LogP contribution in [0.25, 0.3) is 11.4 Å². The molecule has 0 aliphatic carbocycles. The molecule has 134 valence electrons. The molecule has 1 aromatic carbocycles. The van der Waals surface area contributed by atoms with Gasteiger partial charge in [-0.3, -0.25) is 4.98 Å². The average molecular weight is 368 g/mol. The molecule has 3 rings (SSSR count). The number of hydrogen-bond donors (Lipinski definition) is 2. The number of nitrogens with zero attached hydrogens (tertiary/aromatic N) is 3. The number of aromatic nitrogens is 3. The van der Waals surface area contributed by atoms with Gasteiger partial charge in [-0.25, -0.2) is 4.98 Å². The highest BCUT2D eigenvalue weighted by molar-refractivity contribution is 6.31. The second kappa shape index (κ2) is 8.15. The lowest BCUT2D eigenvalue weighted by atomic mass is 10.2. The van der Waals surface area contributed by atoms with Crippen molar-refractivity contribution in [2.75, 3.05) is 10.6 Å². The molecule has 2 aromatic heterocycles. The van der Waals surface area contributed by atoms with E-state index in [-0.39, 0.29) is 6.04 Å². The summed E-state index contributed by atoms with van der Waals surface area (Å²) in [6, 6.07) is 13.7. The summed E-state index contributed by atoms with van der Waals surface area (Å²) >= 11 is 6.12. The van der Waals surface area contributed by atoms with Crippen LogP contribution in [0.5, 0.6) is 0 Å². The van der Waals surface area contributed by atoms with Crippen LogP contribution < -0.4 is 10.6 Å². The van der Waals surface area contributed by atoms with E-state index in [4.69, 9.17) is 11.6 Å². The monoisotopic (exact) mass is 367 g/mol. The number of hydrogen-bond acceptors (Lipinski definition) is 5. The van der Waals surface area contributed by atoms with Crippen molar-refractivity contribution in [2.45, 2.75) is 33.2 Å². The summed E-state index contributed by atoms with van der Waals surface area (Å²) in [5, 5.41) is 7.42. The zero-order valence-electron chi connectivity index (χ0n) is 15.1. The van der Waals surface area contributed by atoms with Crippen LogP contribution in [0.3, 0.4) is 0 Å². The molecule has 0 aliphatic rings. The fraction of sp³-hybridized carbons (Fsp3) is 0.250. The molecule has 0 saturated carbocycles. The van der Waals surface area contributed by atoms with Crippen LogP contribution in [0.2, 0.25) is 5.02 Å². The first kappa shape index (κ1) is 18.1. The number of aryl methyl sites for hydroxylation is 1. The minimum absolute atomic E-state index is 0.277. The highest BCUT2D eigenvalue weighted by atomic mass is 35.5. The van der Waals surface area contributed by atoms with Gasteiger partial charge < -0.3 is 10.6 Å². The van der Waals surface area contributed by atoms with E-state index in [9.17, 15) is 0 Å². The Morgan fingerprint density at radius 2 is 1.92 bits per heavy atom. The van der Waals surface area contributed by atoms with Crippen LogP contribution >= 0.6 is 11.6 Å². The topological polar surface area (TPSA) is 62.7 Å². The molecule has 3 aromatic rings. The Morgan fingerprint density at radius 3 is 2.62 bits per heavy atom. The van der Waals surface area contributed by atoms with E-state index in [1.807, 2.05) is 49.4 Å². The number of rotatable bonds is 6. The molecule has 0 aliphatic heterocycles. The lowest BCUT2D eigenvalue weighted by Gasteiger charge is -2.14. The summed E-state index contributed by atoms with van der Waals surface area (Å²) in [6.45, 7) is 6.20. The molecule has 5 nitrogen and oxygen atoms in total. The minimum Gasteiger partial charge on any atom is -0.352 e. The SMILES string of the molecule is CC[C@@H](C)Nc1nc(Nc2ccc(Cl)c(C)c2)cc(-c2ccccn2)n1. The van der Waals surface area contributed by atoms with E-state index in [0.29, 0.717) is 11.8 Å². The molecule has 26 heavy (non-hydrogen) atoms. The number of benzene rings is 1. The van der Waals surface area contributed by atoms with Gasteiger partial charge in [0.1, 0.15) is 5.82 Å². The number of pyridine rings is 1. The molecule has 0 saturated heterocycles. The third-order valence-electron chi connectivity index (χ3n) is 4.07. The van der Waals surface area contributed by atoms with Crippen LogP contribution in [0, 0.1) is 6.92 Å². The van der Waals surface area contributed by atoms with Crippen LogP contribution in [-0.4, -0.2) is 21.0 Å². The summed E-state index contributed by atoms with van der Waals surface area (Å²) in [7, 11) is 0. The van der Waals surface area contributed by atoms with Gasteiger partial charge in [-0.15, -0.1) is 0 Å². The zero-order chi connectivity index (χ0) is 18.5. The smallest absolute Gasteiger partial charge is 0.225 e. The molecular formula is C20H22ClN5.